The average Bonchev–Trinajstić information content (AvgIpc) is 2.38. The lowest BCUT2D eigenvalue weighted by Gasteiger charge is -2.24. The third kappa shape index (κ3) is 6.70. The zero-order valence-corrected chi connectivity index (χ0v) is 14.4. The summed E-state index contributed by atoms with van der Waals surface area (Å²) >= 11 is 0. The number of nitrogens with zero attached hydrogens (tertiary/aromatic N) is 1. The van der Waals surface area contributed by atoms with Gasteiger partial charge in [0.05, 0.1) is 12.6 Å². The molecule has 0 aromatic heterocycles. The van der Waals surface area contributed by atoms with Crippen molar-refractivity contribution in [1.82, 2.24) is 4.90 Å². The first-order valence-electron chi connectivity index (χ1n) is 7.51. The fourth-order valence-corrected chi connectivity index (χ4v) is 1.64. The van der Waals surface area contributed by atoms with Crippen LogP contribution in [-0.4, -0.2) is 42.9 Å². The minimum atomic E-state index is -0.496. The van der Waals surface area contributed by atoms with E-state index in [9.17, 15) is 4.79 Å². The summed E-state index contributed by atoms with van der Waals surface area (Å²) in [5.41, 5.74) is -0.496. The van der Waals surface area contributed by atoms with E-state index in [4.69, 9.17) is 14.2 Å². The smallest absolute Gasteiger partial charge is 0.410 e. The van der Waals surface area contributed by atoms with Crippen molar-refractivity contribution in [3.8, 4) is 11.5 Å². The molecule has 0 atom stereocenters. The first kappa shape index (κ1) is 18.1. The number of benzene rings is 1. The zero-order chi connectivity index (χ0) is 16.8. The summed E-state index contributed by atoms with van der Waals surface area (Å²) in [5, 5.41) is 0. The molecule has 1 rings (SSSR count). The van der Waals surface area contributed by atoms with Gasteiger partial charge in [-0.3, -0.25) is 0 Å². The second kappa shape index (κ2) is 7.92. The second-order valence-corrected chi connectivity index (χ2v) is 6.36. The Morgan fingerprint density at radius 2 is 1.77 bits per heavy atom. The first-order chi connectivity index (χ1) is 10.2. The quantitative estimate of drug-likeness (QED) is 0.803. The molecule has 1 aromatic carbocycles. The lowest BCUT2D eigenvalue weighted by Crippen LogP contribution is -2.36. The number of carbonyl (C=O) groups excluding carboxylic acids is 1. The molecular formula is C17H27NO4. The molecule has 0 bridgehead atoms. The van der Waals surface area contributed by atoms with E-state index in [0.717, 1.165) is 0 Å². The van der Waals surface area contributed by atoms with Crippen LogP contribution in [0, 0.1) is 0 Å². The lowest BCUT2D eigenvalue weighted by molar-refractivity contribution is 0.0277. The Morgan fingerprint density at radius 3 is 2.32 bits per heavy atom. The fraction of sp³-hybridized carbons (Fsp3) is 0.588. The van der Waals surface area contributed by atoms with Gasteiger partial charge in [-0.2, -0.15) is 0 Å². The minimum absolute atomic E-state index is 0.0780. The van der Waals surface area contributed by atoms with Gasteiger partial charge in [-0.25, -0.2) is 4.79 Å². The average molecular weight is 309 g/mol. The molecule has 0 spiro atoms. The van der Waals surface area contributed by atoms with Crippen LogP contribution in [0.2, 0.25) is 0 Å². The molecule has 0 saturated carbocycles. The van der Waals surface area contributed by atoms with Crippen molar-refractivity contribution in [2.75, 3.05) is 20.2 Å². The van der Waals surface area contributed by atoms with Crippen molar-refractivity contribution < 1.29 is 19.0 Å². The third-order valence-corrected chi connectivity index (χ3v) is 2.60. The van der Waals surface area contributed by atoms with E-state index in [2.05, 4.69) is 0 Å². The monoisotopic (exact) mass is 309 g/mol. The van der Waals surface area contributed by atoms with Gasteiger partial charge in [-0.1, -0.05) is 12.1 Å². The maximum Gasteiger partial charge on any atom is 0.410 e. The number of para-hydroxylation sites is 2. The van der Waals surface area contributed by atoms with Gasteiger partial charge in [0, 0.05) is 7.05 Å². The van der Waals surface area contributed by atoms with Gasteiger partial charge < -0.3 is 19.1 Å². The molecule has 5 nitrogen and oxygen atoms in total. The van der Waals surface area contributed by atoms with Crippen LogP contribution in [0.3, 0.4) is 0 Å². The summed E-state index contributed by atoms with van der Waals surface area (Å²) in [6, 6.07) is 7.51. The van der Waals surface area contributed by atoms with Gasteiger partial charge >= 0.3 is 6.09 Å². The van der Waals surface area contributed by atoms with Gasteiger partial charge in [-0.05, 0) is 46.8 Å². The summed E-state index contributed by atoms with van der Waals surface area (Å²) in [5.74, 6) is 1.38. The molecule has 0 radical (unpaired) electrons. The molecule has 0 unspecified atom stereocenters. The van der Waals surface area contributed by atoms with E-state index in [0.29, 0.717) is 24.7 Å². The van der Waals surface area contributed by atoms with E-state index in [1.165, 1.54) is 4.90 Å². The molecule has 22 heavy (non-hydrogen) atoms. The van der Waals surface area contributed by atoms with Crippen molar-refractivity contribution in [1.29, 1.82) is 0 Å². The molecule has 1 aromatic rings. The Morgan fingerprint density at radius 1 is 1.18 bits per heavy atom. The maximum atomic E-state index is 11.8. The summed E-state index contributed by atoms with van der Waals surface area (Å²) in [6.45, 7) is 10.3. The van der Waals surface area contributed by atoms with Gasteiger partial charge in [-0.15, -0.1) is 0 Å². The largest absolute Gasteiger partial charge is 0.488 e. The predicted molar refractivity (Wildman–Crippen MR) is 86.6 cm³/mol. The number of ether oxygens (including phenoxy) is 3. The molecule has 0 N–H and O–H groups in total. The Bertz CT molecular complexity index is 480. The number of hydrogen-bond donors (Lipinski definition) is 0. The van der Waals surface area contributed by atoms with Crippen molar-refractivity contribution in [2.24, 2.45) is 0 Å². The first-order valence-corrected chi connectivity index (χ1v) is 7.51. The van der Waals surface area contributed by atoms with E-state index in [1.807, 2.05) is 58.9 Å². The summed E-state index contributed by atoms with van der Waals surface area (Å²) in [7, 11) is 1.69. The highest BCUT2D eigenvalue weighted by atomic mass is 16.6. The molecule has 0 heterocycles. The fourth-order valence-electron chi connectivity index (χ4n) is 1.64. The van der Waals surface area contributed by atoms with Crippen LogP contribution in [0.5, 0.6) is 11.5 Å². The van der Waals surface area contributed by atoms with Crippen molar-refractivity contribution in [3.63, 3.8) is 0 Å². The van der Waals surface area contributed by atoms with Gasteiger partial charge in [0.15, 0.2) is 11.5 Å². The van der Waals surface area contributed by atoms with Crippen LogP contribution in [0.1, 0.15) is 34.6 Å². The number of amides is 1. The molecular weight excluding hydrogens is 282 g/mol. The normalized spacial score (nSPS) is 11.2. The highest BCUT2D eigenvalue weighted by Crippen LogP contribution is 2.27. The van der Waals surface area contributed by atoms with E-state index in [1.54, 1.807) is 7.05 Å². The third-order valence-electron chi connectivity index (χ3n) is 2.60. The van der Waals surface area contributed by atoms with Crippen LogP contribution in [0.4, 0.5) is 4.79 Å². The standard InChI is InChI=1S/C17H27NO4/c1-13(2)21-15-10-8-7-9-14(15)20-12-11-18(6)16(19)22-17(3,4)5/h7-10,13H,11-12H2,1-6H3. The number of carbonyl (C=O) groups is 1. The number of rotatable bonds is 6. The van der Waals surface area contributed by atoms with Crippen molar-refractivity contribution in [3.05, 3.63) is 24.3 Å². The summed E-state index contributed by atoms with van der Waals surface area (Å²) < 4.78 is 16.7. The number of hydrogen-bond acceptors (Lipinski definition) is 4. The summed E-state index contributed by atoms with van der Waals surface area (Å²) in [4.78, 5) is 13.3. The van der Waals surface area contributed by atoms with E-state index >= 15 is 0 Å². The SMILES string of the molecule is CC(C)Oc1ccccc1OCCN(C)C(=O)OC(C)(C)C. The molecule has 0 aliphatic rings. The Kier molecular flexibility index (Phi) is 6.53. The van der Waals surface area contributed by atoms with Crippen molar-refractivity contribution >= 4 is 6.09 Å². The Labute approximate surface area is 133 Å². The highest BCUT2D eigenvalue weighted by Gasteiger charge is 2.19. The second-order valence-electron chi connectivity index (χ2n) is 6.36. The van der Waals surface area contributed by atoms with Gasteiger partial charge in [0.2, 0.25) is 0 Å². The predicted octanol–water partition coefficient (Wildman–Crippen LogP) is 3.72. The van der Waals surface area contributed by atoms with Gasteiger partial charge in [0.1, 0.15) is 12.2 Å². The Hall–Kier alpha value is -1.91. The van der Waals surface area contributed by atoms with Crippen LogP contribution in [-0.2, 0) is 4.74 Å². The molecule has 5 heteroatoms. The summed E-state index contributed by atoms with van der Waals surface area (Å²) in [6.07, 6.45) is -0.281. The van der Waals surface area contributed by atoms with Crippen molar-refractivity contribution in [2.45, 2.75) is 46.3 Å². The van der Waals surface area contributed by atoms with Gasteiger partial charge in [0.25, 0.3) is 0 Å². The molecule has 0 saturated heterocycles. The Balaban J connectivity index is 2.49. The minimum Gasteiger partial charge on any atom is -0.488 e. The van der Waals surface area contributed by atoms with Crippen LogP contribution < -0.4 is 9.47 Å². The van der Waals surface area contributed by atoms with E-state index < -0.39 is 5.60 Å². The highest BCUT2D eigenvalue weighted by molar-refractivity contribution is 5.67. The molecule has 0 aliphatic heterocycles. The molecule has 124 valence electrons. The topological polar surface area (TPSA) is 48.0 Å². The zero-order valence-electron chi connectivity index (χ0n) is 14.4. The lowest BCUT2D eigenvalue weighted by atomic mass is 10.2. The van der Waals surface area contributed by atoms with E-state index in [-0.39, 0.29) is 12.2 Å². The van der Waals surface area contributed by atoms with Crippen LogP contribution in [0.25, 0.3) is 0 Å². The molecule has 0 aliphatic carbocycles. The maximum absolute atomic E-state index is 11.8. The van der Waals surface area contributed by atoms with Crippen LogP contribution in [0.15, 0.2) is 24.3 Å². The molecule has 1 amide bonds. The van der Waals surface area contributed by atoms with Crippen LogP contribution >= 0.6 is 0 Å². The molecule has 0 fully saturated rings. The number of likely N-dealkylation sites (N-methyl/N-ethyl adjacent to an activating group) is 1.